The number of nitriles is 1. The number of nitrogens with one attached hydrogen (secondary N) is 1. The van der Waals surface area contributed by atoms with Gasteiger partial charge in [-0.25, -0.2) is 4.39 Å². The summed E-state index contributed by atoms with van der Waals surface area (Å²) in [4.78, 5) is 15.0. The van der Waals surface area contributed by atoms with E-state index in [1.165, 1.54) is 12.1 Å². The van der Waals surface area contributed by atoms with Crippen molar-refractivity contribution in [1.82, 2.24) is 10.2 Å². The van der Waals surface area contributed by atoms with Gasteiger partial charge in [0.25, 0.3) is 0 Å². The van der Waals surface area contributed by atoms with Gasteiger partial charge >= 0.3 is 0 Å². The van der Waals surface area contributed by atoms with E-state index in [9.17, 15) is 14.4 Å². The second kappa shape index (κ2) is 9.52. The summed E-state index contributed by atoms with van der Waals surface area (Å²) in [7, 11) is 0. The lowest BCUT2D eigenvalue weighted by Crippen LogP contribution is -2.40. The van der Waals surface area contributed by atoms with Gasteiger partial charge in [-0.05, 0) is 64.9 Å². The minimum atomic E-state index is -0.419. The highest BCUT2D eigenvalue weighted by Gasteiger charge is 2.35. The second-order valence-electron chi connectivity index (χ2n) is 8.40. The quantitative estimate of drug-likeness (QED) is 0.542. The van der Waals surface area contributed by atoms with Crippen molar-refractivity contribution in [2.45, 2.75) is 31.5 Å². The topological polar surface area (TPSA) is 56.1 Å². The van der Waals surface area contributed by atoms with Crippen molar-refractivity contribution >= 4 is 29.9 Å². The Morgan fingerprint density at radius 2 is 1.88 bits per heavy atom. The van der Waals surface area contributed by atoms with E-state index in [0.717, 1.165) is 29.7 Å². The molecule has 168 valence electrons. The van der Waals surface area contributed by atoms with Gasteiger partial charge in [-0.2, -0.15) is 5.26 Å². The molecule has 2 aliphatic heterocycles. The summed E-state index contributed by atoms with van der Waals surface area (Å²) in [6.07, 6.45) is 0.734. The van der Waals surface area contributed by atoms with Crippen molar-refractivity contribution in [3.05, 3.63) is 93.8 Å². The maximum Gasteiger partial charge on any atom is 0.240 e. The molecule has 2 heterocycles. The molecule has 33 heavy (non-hydrogen) atoms. The molecule has 0 aromatic heterocycles. The number of amides is 1. The summed E-state index contributed by atoms with van der Waals surface area (Å²) in [6.45, 7) is 1.76. The zero-order valence-electron chi connectivity index (χ0n) is 17.7. The van der Waals surface area contributed by atoms with Gasteiger partial charge in [0, 0.05) is 30.2 Å². The van der Waals surface area contributed by atoms with Crippen LogP contribution in [0.2, 0.25) is 5.02 Å². The average molecular weight is 482 g/mol. The number of carbonyl (C=O) groups is 1. The van der Waals surface area contributed by atoms with E-state index in [-0.39, 0.29) is 30.3 Å². The summed E-state index contributed by atoms with van der Waals surface area (Å²) >= 11 is 6.13. The minimum Gasteiger partial charge on any atom is -0.333 e. The first-order chi connectivity index (χ1) is 15.5. The fourth-order valence-electron chi connectivity index (χ4n) is 4.78. The molecule has 7 heteroatoms. The number of fused-ring (bicyclic) bond motifs is 1. The number of hydrogen-bond donors (Lipinski definition) is 1. The second-order valence-corrected chi connectivity index (χ2v) is 8.84. The minimum absolute atomic E-state index is 0. The molecule has 1 saturated heterocycles. The number of nitrogens with zero attached hydrogens (tertiary/aromatic N) is 2. The van der Waals surface area contributed by atoms with Crippen LogP contribution >= 0.6 is 24.0 Å². The molecular formula is C26H22Cl2FN3O. The van der Waals surface area contributed by atoms with E-state index in [4.69, 9.17) is 11.6 Å². The van der Waals surface area contributed by atoms with Gasteiger partial charge < -0.3 is 10.2 Å². The van der Waals surface area contributed by atoms with Crippen LogP contribution in [0.5, 0.6) is 0 Å². The molecule has 5 rings (SSSR count). The highest BCUT2D eigenvalue weighted by atomic mass is 35.5. The van der Waals surface area contributed by atoms with Crippen molar-refractivity contribution < 1.29 is 9.18 Å². The molecular weight excluding hydrogens is 460 g/mol. The maximum atomic E-state index is 14.5. The first-order valence-corrected chi connectivity index (χ1v) is 11.0. The predicted molar refractivity (Wildman–Crippen MR) is 129 cm³/mol. The molecule has 1 amide bonds. The molecule has 2 aliphatic rings. The van der Waals surface area contributed by atoms with E-state index in [2.05, 4.69) is 17.5 Å². The summed E-state index contributed by atoms with van der Waals surface area (Å²) in [6, 6.07) is 19.8. The van der Waals surface area contributed by atoms with Crippen LogP contribution in [-0.2, 0) is 17.9 Å². The van der Waals surface area contributed by atoms with Crippen LogP contribution in [0, 0.1) is 17.1 Å². The van der Waals surface area contributed by atoms with Crippen LogP contribution in [0.15, 0.2) is 60.7 Å². The van der Waals surface area contributed by atoms with Gasteiger partial charge in [0.05, 0.1) is 17.7 Å². The van der Waals surface area contributed by atoms with Crippen LogP contribution in [0.3, 0.4) is 0 Å². The Hall–Kier alpha value is -2.91. The Morgan fingerprint density at radius 1 is 1.09 bits per heavy atom. The Bertz CT molecular complexity index is 1260. The lowest BCUT2D eigenvalue weighted by molar-refractivity contribution is -0.133. The zero-order chi connectivity index (χ0) is 22.2. The van der Waals surface area contributed by atoms with Crippen LogP contribution in [0.4, 0.5) is 4.39 Å². The van der Waals surface area contributed by atoms with Crippen molar-refractivity contribution in [1.29, 1.82) is 5.26 Å². The fraction of sp³-hybridized carbons (Fsp3) is 0.231. The molecule has 3 aromatic carbocycles. The molecule has 1 N–H and O–H groups in total. The molecule has 0 bridgehead atoms. The standard InChI is InChI=1S/C26H21ClFN3O.ClH/c27-22-5-1-3-16(10-22)20-11-24(30-13-20)26(32)31-14-19-8-7-17(9-21(19)15-31)25-18(12-29)4-2-6-23(25)28;/h1-10,20,24,30H,11,13-15H2;1H/t20-,24-;/m1./s1. The number of hydrogen-bond acceptors (Lipinski definition) is 3. The Balaban J connectivity index is 0.00000259. The zero-order valence-corrected chi connectivity index (χ0v) is 19.3. The third kappa shape index (κ3) is 4.47. The van der Waals surface area contributed by atoms with E-state index in [1.54, 1.807) is 6.07 Å². The van der Waals surface area contributed by atoms with Crippen LogP contribution in [0.1, 0.15) is 34.6 Å². The normalized spacial score (nSPS) is 19.0. The van der Waals surface area contributed by atoms with Crippen LogP contribution < -0.4 is 5.32 Å². The molecule has 3 aromatic rings. The Morgan fingerprint density at radius 3 is 2.67 bits per heavy atom. The number of halogens is 3. The summed E-state index contributed by atoms with van der Waals surface area (Å²) in [5.41, 5.74) is 4.47. The highest BCUT2D eigenvalue weighted by Crippen LogP contribution is 2.33. The Kier molecular flexibility index (Phi) is 6.71. The van der Waals surface area contributed by atoms with E-state index >= 15 is 0 Å². The smallest absolute Gasteiger partial charge is 0.240 e. The number of carbonyl (C=O) groups excluding carboxylic acids is 1. The van der Waals surface area contributed by atoms with Gasteiger partial charge in [-0.3, -0.25) is 4.79 Å². The van der Waals surface area contributed by atoms with Crippen LogP contribution in [-0.4, -0.2) is 23.4 Å². The van der Waals surface area contributed by atoms with E-state index in [1.807, 2.05) is 41.3 Å². The van der Waals surface area contributed by atoms with Crippen molar-refractivity contribution in [3.63, 3.8) is 0 Å². The molecule has 0 saturated carbocycles. The first kappa shape index (κ1) is 23.3. The van der Waals surface area contributed by atoms with Gasteiger partial charge in [-0.1, -0.05) is 41.9 Å². The molecule has 4 nitrogen and oxygen atoms in total. The summed E-state index contributed by atoms with van der Waals surface area (Å²) in [5, 5.41) is 13.4. The summed E-state index contributed by atoms with van der Waals surface area (Å²) < 4.78 is 14.5. The monoisotopic (exact) mass is 481 g/mol. The molecule has 0 radical (unpaired) electrons. The SMILES string of the molecule is Cl.N#Cc1cccc(F)c1-c1ccc2c(c1)CN(C(=O)[C@H]1C[C@@H](c3cccc(Cl)c3)CN1)C2. The lowest BCUT2D eigenvalue weighted by Gasteiger charge is -2.20. The molecule has 0 unspecified atom stereocenters. The first-order valence-electron chi connectivity index (χ1n) is 10.6. The lowest BCUT2D eigenvalue weighted by atomic mass is 9.96. The van der Waals surface area contributed by atoms with Crippen molar-refractivity contribution in [2.75, 3.05) is 6.54 Å². The molecule has 0 spiro atoms. The Labute approximate surface area is 203 Å². The third-order valence-corrected chi connectivity index (χ3v) is 6.65. The van der Waals surface area contributed by atoms with Crippen molar-refractivity contribution in [2.24, 2.45) is 0 Å². The number of rotatable bonds is 3. The average Bonchev–Trinajstić information content (AvgIpc) is 3.45. The maximum absolute atomic E-state index is 14.5. The summed E-state index contributed by atoms with van der Waals surface area (Å²) in [5.74, 6) is -0.0854. The molecule has 0 aliphatic carbocycles. The predicted octanol–water partition coefficient (Wildman–Crippen LogP) is 5.43. The van der Waals surface area contributed by atoms with Crippen molar-refractivity contribution in [3.8, 4) is 17.2 Å². The van der Waals surface area contributed by atoms with Gasteiger partial charge in [0.15, 0.2) is 0 Å². The van der Waals surface area contributed by atoms with Crippen LogP contribution in [0.25, 0.3) is 11.1 Å². The molecule has 1 fully saturated rings. The van der Waals surface area contributed by atoms with E-state index in [0.29, 0.717) is 34.8 Å². The third-order valence-electron chi connectivity index (χ3n) is 6.41. The number of benzene rings is 3. The fourth-order valence-corrected chi connectivity index (χ4v) is 4.97. The van der Waals surface area contributed by atoms with Gasteiger partial charge in [-0.15, -0.1) is 12.4 Å². The largest absolute Gasteiger partial charge is 0.333 e. The van der Waals surface area contributed by atoms with E-state index < -0.39 is 5.82 Å². The van der Waals surface area contributed by atoms with Gasteiger partial charge in [0.1, 0.15) is 5.82 Å². The van der Waals surface area contributed by atoms with Gasteiger partial charge in [0.2, 0.25) is 5.91 Å². The molecule has 2 atom stereocenters. The highest BCUT2D eigenvalue weighted by molar-refractivity contribution is 6.30.